The summed E-state index contributed by atoms with van der Waals surface area (Å²) in [5.74, 6) is 1.85. The fourth-order valence-electron chi connectivity index (χ4n) is 3.28. The van der Waals surface area contributed by atoms with Crippen molar-refractivity contribution in [3.63, 3.8) is 0 Å². The quantitative estimate of drug-likeness (QED) is 0.784. The molecule has 0 aliphatic heterocycles. The van der Waals surface area contributed by atoms with E-state index in [4.69, 9.17) is 0 Å². The smallest absolute Gasteiger partial charge is 0.0853 e. The largest absolute Gasteiger partial charge is 0.388 e. The molecule has 1 N–H and O–H groups in total. The first kappa shape index (κ1) is 15.1. The molecule has 0 heterocycles. The first-order valence-electron chi connectivity index (χ1n) is 8.50. The number of rotatable bonds is 8. The van der Waals surface area contributed by atoms with E-state index >= 15 is 0 Å². The number of nitrogens with zero attached hydrogens (tertiary/aromatic N) is 1. The van der Waals surface area contributed by atoms with Crippen LogP contribution >= 0.6 is 0 Å². The van der Waals surface area contributed by atoms with Gasteiger partial charge in [0.15, 0.2) is 0 Å². The number of aliphatic hydroxyl groups is 1. The lowest BCUT2D eigenvalue weighted by Gasteiger charge is -2.36. The molecule has 2 saturated carbocycles. The minimum Gasteiger partial charge on any atom is -0.388 e. The van der Waals surface area contributed by atoms with E-state index in [0.29, 0.717) is 0 Å². The lowest BCUT2D eigenvalue weighted by Crippen LogP contribution is -2.40. The van der Waals surface area contributed by atoms with Gasteiger partial charge in [0.05, 0.1) is 6.10 Å². The van der Waals surface area contributed by atoms with E-state index in [2.05, 4.69) is 18.7 Å². The van der Waals surface area contributed by atoms with Gasteiger partial charge in [-0.15, -0.1) is 0 Å². The van der Waals surface area contributed by atoms with Crippen molar-refractivity contribution in [3.05, 3.63) is 35.9 Å². The Hall–Kier alpha value is -0.860. The van der Waals surface area contributed by atoms with E-state index in [0.717, 1.165) is 23.9 Å². The second-order valence-electron chi connectivity index (χ2n) is 7.88. The molecule has 0 spiro atoms. The van der Waals surface area contributed by atoms with Gasteiger partial charge < -0.3 is 10.0 Å². The zero-order valence-electron chi connectivity index (χ0n) is 13.5. The highest BCUT2D eigenvalue weighted by molar-refractivity contribution is 5.19. The molecule has 2 aliphatic rings. The van der Waals surface area contributed by atoms with E-state index in [-0.39, 0.29) is 11.5 Å². The van der Waals surface area contributed by atoms with Crippen LogP contribution in [0.15, 0.2) is 30.3 Å². The van der Waals surface area contributed by atoms with Gasteiger partial charge in [-0.05, 0) is 43.1 Å². The fraction of sp³-hybridized carbons (Fsp3) is 0.684. The summed E-state index contributed by atoms with van der Waals surface area (Å²) in [4.78, 5) is 2.63. The molecule has 2 nitrogen and oxygen atoms in total. The van der Waals surface area contributed by atoms with Gasteiger partial charge in [-0.3, -0.25) is 0 Å². The topological polar surface area (TPSA) is 23.5 Å². The second-order valence-corrected chi connectivity index (χ2v) is 7.88. The summed E-state index contributed by atoms with van der Waals surface area (Å²) < 4.78 is 0. The van der Waals surface area contributed by atoms with Crippen molar-refractivity contribution in [1.29, 1.82) is 0 Å². The van der Waals surface area contributed by atoms with Crippen LogP contribution < -0.4 is 0 Å². The monoisotopic (exact) mass is 287 g/mol. The van der Waals surface area contributed by atoms with E-state index in [9.17, 15) is 5.11 Å². The third kappa shape index (κ3) is 4.31. The van der Waals surface area contributed by atoms with E-state index in [1.165, 1.54) is 38.8 Å². The predicted octanol–water partition coefficient (Wildman–Crippen LogP) is 3.87. The molecule has 2 aliphatic carbocycles. The standard InChI is InChI=1S/C19H29NO/c1-19(2,18(21)17-6-4-3-5-7-17)14-20(12-15-8-9-15)13-16-10-11-16/h3-7,15-16,18,21H,8-14H2,1-2H3. The van der Waals surface area contributed by atoms with Crippen molar-refractivity contribution in [2.24, 2.45) is 17.3 Å². The van der Waals surface area contributed by atoms with Crippen LogP contribution in [0.25, 0.3) is 0 Å². The van der Waals surface area contributed by atoms with Crippen molar-refractivity contribution < 1.29 is 5.11 Å². The van der Waals surface area contributed by atoms with Crippen LogP contribution in [0.4, 0.5) is 0 Å². The first-order chi connectivity index (χ1) is 10.0. The van der Waals surface area contributed by atoms with Gasteiger partial charge in [-0.25, -0.2) is 0 Å². The maximum atomic E-state index is 10.8. The van der Waals surface area contributed by atoms with Gasteiger partial charge in [-0.2, -0.15) is 0 Å². The third-order valence-corrected chi connectivity index (χ3v) is 4.91. The molecular formula is C19H29NO. The molecule has 0 radical (unpaired) electrons. The summed E-state index contributed by atoms with van der Waals surface area (Å²) in [6, 6.07) is 10.1. The Morgan fingerprint density at radius 3 is 2.05 bits per heavy atom. The minimum absolute atomic E-state index is 0.106. The van der Waals surface area contributed by atoms with Gasteiger partial charge >= 0.3 is 0 Å². The number of aliphatic hydroxyl groups excluding tert-OH is 1. The maximum absolute atomic E-state index is 10.8. The molecular weight excluding hydrogens is 258 g/mol. The van der Waals surface area contributed by atoms with E-state index < -0.39 is 0 Å². The lowest BCUT2D eigenvalue weighted by atomic mass is 9.82. The second kappa shape index (κ2) is 6.10. The summed E-state index contributed by atoms with van der Waals surface area (Å²) in [6.45, 7) is 7.88. The Kier molecular flexibility index (Phi) is 4.37. The molecule has 3 rings (SSSR count). The fourth-order valence-corrected chi connectivity index (χ4v) is 3.28. The normalized spacial score (nSPS) is 20.8. The number of hydrogen-bond acceptors (Lipinski definition) is 2. The molecule has 0 saturated heterocycles. The molecule has 116 valence electrons. The summed E-state index contributed by atoms with van der Waals surface area (Å²) in [7, 11) is 0. The molecule has 1 unspecified atom stereocenters. The summed E-state index contributed by atoms with van der Waals surface area (Å²) in [5, 5.41) is 10.8. The van der Waals surface area contributed by atoms with Gasteiger partial charge in [0, 0.05) is 25.0 Å². The van der Waals surface area contributed by atoms with Crippen molar-refractivity contribution in [2.45, 2.75) is 45.6 Å². The van der Waals surface area contributed by atoms with Crippen LogP contribution in [0.5, 0.6) is 0 Å². The number of hydrogen-bond donors (Lipinski definition) is 1. The Bertz CT molecular complexity index is 434. The zero-order chi connectivity index (χ0) is 14.9. The molecule has 0 amide bonds. The molecule has 0 aromatic heterocycles. The van der Waals surface area contributed by atoms with Crippen LogP contribution in [-0.4, -0.2) is 29.6 Å². The predicted molar refractivity (Wildman–Crippen MR) is 87.1 cm³/mol. The molecule has 21 heavy (non-hydrogen) atoms. The van der Waals surface area contributed by atoms with E-state index in [1.54, 1.807) is 0 Å². The van der Waals surface area contributed by atoms with Crippen LogP contribution in [0.2, 0.25) is 0 Å². The zero-order valence-corrected chi connectivity index (χ0v) is 13.5. The number of benzene rings is 1. The Morgan fingerprint density at radius 2 is 1.57 bits per heavy atom. The maximum Gasteiger partial charge on any atom is 0.0853 e. The molecule has 1 atom stereocenters. The Labute approximate surface area is 129 Å². The molecule has 2 fully saturated rings. The van der Waals surface area contributed by atoms with Crippen LogP contribution in [-0.2, 0) is 0 Å². The van der Waals surface area contributed by atoms with Gasteiger partial charge in [0.2, 0.25) is 0 Å². The molecule has 1 aromatic rings. The van der Waals surface area contributed by atoms with E-state index in [1.807, 2.05) is 30.3 Å². The first-order valence-corrected chi connectivity index (χ1v) is 8.50. The van der Waals surface area contributed by atoms with Crippen molar-refractivity contribution in [3.8, 4) is 0 Å². The highest BCUT2D eigenvalue weighted by atomic mass is 16.3. The van der Waals surface area contributed by atoms with Crippen LogP contribution in [0, 0.1) is 17.3 Å². The van der Waals surface area contributed by atoms with Crippen molar-refractivity contribution in [2.75, 3.05) is 19.6 Å². The van der Waals surface area contributed by atoms with Gasteiger partial charge in [0.25, 0.3) is 0 Å². The highest BCUT2D eigenvalue weighted by Gasteiger charge is 2.35. The third-order valence-electron chi connectivity index (χ3n) is 4.91. The molecule has 2 heteroatoms. The average Bonchev–Trinajstić information content (AvgIpc) is 3.35. The molecule has 0 bridgehead atoms. The Balaban J connectivity index is 1.63. The minimum atomic E-state index is -0.389. The SMILES string of the molecule is CC(C)(CN(CC1CC1)CC1CC1)C(O)c1ccccc1. The van der Waals surface area contributed by atoms with Crippen molar-refractivity contribution in [1.82, 2.24) is 4.90 Å². The Morgan fingerprint density at radius 1 is 1.05 bits per heavy atom. The van der Waals surface area contributed by atoms with Crippen LogP contribution in [0.1, 0.15) is 51.2 Å². The van der Waals surface area contributed by atoms with Crippen molar-refractivity contribution >= 4 is 0 Å². The average molecular weight is 287 g/mol. The lowest BCUT2D eigenvalue weighted by molar-refractivity contribution is 0.0179. The summed E-state index contributed by atoms with van der Waals surface area (Å²) >= 11 is 0. The summed E-state index contributed by atoms with van der Waals surface area (Å²) in [5.41, 5.74) is 0.936. The summed E-state index contributed by atoms with van der Waals surface area (Å²) in [6.07, 6.45) is 5.23. The molecule has 1 aromatic carbocycles. The van der Waals surface area contributed by atoms with Gasteiger partial charge in [0.1, 0.15) is 0 Å². The highest BCUT2D eigenvalue weighted by Crippen LogP contribution is 2.38. The van der Waals surface area contributed by atoms with Crippen LogP contribution in [0.3, 0.4) is 0 Å². The van der Waals surface area contributed by atoms with Gasteiger partial charge in [-0.1, -0.05) is 44.2 Å².